The maximum atomic E-state index is 12.5. The van der Waals surface area contributed by atoms with Crippen LogP contribution in [-0.4, -0.2) is 50.6 Å². The van der Waals surface area contributed by atoms with Crippen LogP contribution in [0.2, 0.25) is 0 Å². The Labute approximate surface area is 181 Å². The molecule has 0 aromatic heterocycles. The van der Waals surface area contributed by atoms with Crippen LogP contribution in [0.15, 0.2) is 48.5 Å². The molecule has 1 fully saturated rings. The fourth-order valence-corrected chi connectivity index (χ4v) is 4.80. The number of ether oxygens (including phenoxy) is 2. The normalized spacial score (nSPS) is 24.6. The molecule has 0 bridgehead atoms. The van der Waals surface area contributed by atoms with Gasteiger partial charge < -0.3 is 19.9 Å². The van der Waals surface area contributed by atoms with E-state index in [-0.39, 0.29) is 37.1 Å². The second-order valence-corrected chi connectivity index (χ2v) is 9.75. The van der Waals surface area contributed by atoms with Gasteiger partial charge in [-0.25, -0.2) is 8.42 Å². The van der Waals surface area contributed by atoms with Gasteiger partial charge in [-0.1, -0.05) is 30.3 Å². The number of carbonyl (C=O) groups is 1. The van der Waals surface area contributed by atoms with Crippen molar-refractivity contribution in [3.8, 4) is 5.75 Å². The maximum absolute atomic E-state index is 12.5. The van der Waals surface area contributed by atoms with Crippen molar-refractivity contribution in [2.24, 2.45) is 0 Å². The summed E-state index contributed by atoms with van der Waals surface area (Å²) in [6, 6.07) is 14.8. The third-order valence-corrected chi connectivity index (χ3v) is 6.15. The highest BCUT2D eigenvalue weighted by Crippen LogP contribution is 2.47. The molecule has 2 aromatic carbocycles. The number of aliphatic hydroxyl groups is 1. The number of anilines is 1. The number of nitrogens with one attached hydrogen (secondary N) is 2. The number of hydrogen-bond donors (Lipinski definition) is 3. The molecule has 2 aliphatic rings. The molecule has 0 unspecified atom stereocenters. The van der Waals surface area contributed by atoms with Gasteiger partial charge in [0.25, 0.3) is 0 Å². The second-order valence-electron chi connectivity index (χ2n) is 8.00. The number of rotatable bonds is 7. The molecule has 2 heterocycles. The molecule has 0 radical (unpaired) electrons. The highest BCUT2D eigenvalue weighted by Gasteiger charge is 2.46. The largest absolute Gasteiger partial charge is 0.487 e. The lowest BCUT2D eigenvalue weighted by molar-refractivity contribution is -0.142. The summed E-state index contributed by atoms with van der Waals surface area (Å²) in [4.78, 5) is 12.5. The molecule has 0 saturated carbocycles. The number of carbonyl (C=O) groups excluding carboxylic acids is 1. The van der Waals surface area contributed by atoms with E-state index in [1.807, 2.05) is 30.3 Å². The van der Waals surface area contributed by atoms with E-state index in [4.69, 9.17) is 9.47 Å². The van der Waals surface area contributed by atoms with Crippen molar-refractivity contribution in [1.29, 1.82) is 0 Å². The molecular formula is C22H26N2O6S. The summed E-state index contributed by atoms with van der Waals surface area (Å²) in [6.45, 7) is 0.208. The fourth-order valence-electron chi connectivity index (χ4n) is 4.24. The van der Waals surface area contributed by atoms with Gasteiger partial charge in [-0.3, -0.25) is 9.52 Å². The molecule has 166 valence electrons. The Morgan fingerprint density at radius 1 is 1.19 bits per heavy atom. The molecule has 9 heteroatoms. The van der Waals surface area contributed by atoms with Gasteiger partial charge in [0.2, 0.25) is 15.9 Å². The predicted molar refractivity (Wildman–Crippen MR) is 115 cm³/mol. The molecule has 31 heavy (non-hydrogen) atoms. The van der Waals surface area contributed by atoms with Gasteiger partial charge in [0.15, 0.2) is 0 Å². The Bertz CT molecular complexity index is 1040. The third-order valence-electron chi connectivity index (χ3n) is 5.55. The molecule has 0 spiro atoms. The quantitative estimate of drug-likeness (QED) is 0.597. The van der Waals surface area contributed by atoms with Gasteiger partial charge in [0.1, 0.15) is 18.0 Å². The SMILES string of the molecule is CS(=O)(=O)Nc1ccc2c(c1)[C@H]1C[C@H](CC(=O)NCc3ccccc3)O[C@H](CO)[C@H]1O2. The van der Waals surface area contributed by atoms with E-state index in [0.717, 1.165) is 17.4 Å². The van der Waals surface area contributed by atoms with Crippen LogP contribution in [0, 0.1) is 0 Å². The first-order valence-corrected chi connectivity index (χ1v) is 12.1. The zero-order valence-electron chi connectivity index (χ0n) is 17.2. The van der Waals surface area contributed by atoms with Gasteiger partial charge >= 0.3 is 0 Å². The van der Waals surface area contributed by atoms with E-state index in [1.165, 1.54) is 0 Å². The number of sulfonamides is 1. The summed E-state index contributed by atoms with van der Waals surface area (Å²) < 4.78 is 37.6. The number of hydrogen-bond acceptors (Lipinski definition) is 6. The number of amides is 1. The first kappa shape index (κ1) is 21.6. The fraction of sp³-hybridized carbons (Fsp3) is 0.409. The van der Waals surface area contributed by atoms with E-state index >= 15 is 0 Å². The molecule has 4 atom stereocenters. The molecule has 2 aliphatic heterocycles. The van der Waals surface area contributed by atoms with E-state index in [9.17, 15) is 18.3 Å². The van der Waals surface area contributed by atoms with Crippen LogP contribution >= 0.6 is 0 Å². The molecule has 8 nitrogen and oxygen atoms in total. The zero-order chi connectivity index (χ0) is 22.0. The lowest BCUT2D eigenvalue weighted by Gasteiger charge is -2.37. The summed E-state index contributed by atoms with van der Waals surface area (Å²) in [6.07, 6.45) is 0.481. The Balaban J connectivity index is 1.45. The average molecular weight is 447 g/mol. The van der Waals surface area contributed by atoms with Crippen LogP contribution in [0.4, 0.5) is 5.69 Å². The zero-order valence-corrected chi connectivity index (χ0v) is 18.0. The molecular weight excluding hydrogens is 420 g/mol. The molecule has 2 aromatic rings. The summed E-state index contributed by atoms with van der Waals surface area (Å²) in [7, 11) is -3.40. The molecule has 3 N–H and O–H groups in total. The Kier molecular flexibility index (Phi) is 6.17. The first-order valence-electron chi connectivity index (χ1n) is 10.2. The van der Waals surface area contributed by atoms with Crippen molar-refractivity contribution in [1.82, 2.24) is 5.32 Å². The smallest absolute Gasteiger partial charge is 0.229 e. The van der Waals surface area contributed by atoms with Crippen LogP contribution in [0.25, 0.3) is 0 Å². The highest BCUT2D eigenvalue weighted by molar-refractivity contribution is 7.92. The summed E-state index contributed by atoms with van der Waals surface area (Å²) >= 11 is 0. The van der Waals surface area contributed by atoms with Crippen molar-refractivity contribution in [3.05, 3.63) is 59.7 Å². The van der Waals surface area contributed by atoms with Gasteiger partial charge in [-0.15, -0.1) is 0 Å². The minimum absolute atomic E-state index is 0.103. The standard InChI is InChI=1S/C22H26N2O6S/c1-31(27,28)24-15-7-8-19-17(9-15)18-10-16(29-20(13-25)22(18)30-19)11-21(26)23-12-14-5-3-2-4-6-14/h2-9,16,18,20,22,24-25H,10-13H2,1H3,(H,23,26)/t16-,18-,20-,22+/m1/s1. The van der Waals surface area contributed by atoms with Gasteiger partial charge in [-0.2, -0.15) is 0 Å². The Hall–Kier alpha value is -2.62. The third kappa shape index (κ3) is 5.17. The lowest BCUT2D eigenvalue weighted by Crippen LogP contribution is -2.47. The van der Waals surface area contributed by atoms with Crippen molar-refractivity contribution in [3.63, 3.8) is 0 Å². The summed E-state index contributed by atoms with van der Waals surface area (Å²) in [5.41, 5.74) is 2.32. The average Bonchev–Trinajstić information content (AvgIpc) is 3.09. The van der Waals surface area contributed by atoms with Gasteiger partial charge in [0.05, 0.1) is 25.4 Å². The van der Waals surface area contributed by atoms with Crippen molar-refractivity contribution < 1.29 is 27.8 Å². The molecule has 0 aliphatic carbocycles. The predicted octanol–water partition coefficient (Wildman–Crippen LogP) is 1.76. The number of fused-ring (bicyclic) bond motifs is 3. The van der Waals surface area contributed by atoms with Crippen LogP contribution in [0.3, 0.4) is 0 Å². The summed E-state index contributed by atoms with van der Waals surface area (Å²) in [5, 5.41) is 12.7. The number of aliphatic hydroxyl groups excluding tert-OH is 1. The Morgan fingerprint density at radius 3 is 2.68 bits per heavy atom. The van der Waals surface area contributed by atoms with E-state index in [2.05, 4.69) is 10.0 Å². The van der Waals surface area contributed by atoms with Crippen molar-refractivity contribution in [2.45, 2.75) is 43.6 Å². The first-order chi connectivity index (χ1) is 14.8. The number of benzene rings is 2. The van der Waals surface area contributed by atoms with E-state index < -0.39 is 16.1 Å². The summed E-state index contributed by atoms with van der Waals surface area (Å²) in [5.74, 6) is 0.412. The molecule has 1 amide bonds. The topological polar surface area (TPSA) is 114 Å². The lowest BCUT2D eigenvalue weighted by atomic mass is 9.84. The maximum Gasteiger partial charge on any atom is 0.229 e. The van der Waals surface area contributed by atoms with Crippen molar-refractivity contribution >= 4 is 21.6 Å². The van der Waals surface area contributed by atoms with E-state index in [0.29, 0.717) is 24.4 Å². The van der Waals surface area contributed by atoms with Crippen LogP contribution in [0.5, 0.6) is 5.75 Å². The monoisotopic (exact) mass is 446 g/mol. The van der Waals surface area contributed by atoms with Crippen LogP contribution in [0.1, 0.15) is 29.9 Å². The molecule has 4 rings (SSSR count). The second kappa shape index (κ2) is 8.86. The minimum Gasteiger partial charge on any atom is -0.487 e. The minimum atomic E-state index is -3.40. The van der Waals surface area contributed by atoms with E-state index in [1.54, 1.807) is 18.2 Å². The van der Waals surface area contributed by atoms with Crippen molar-refractivity contribution in [2.75, 3.05) is 17.6 Å². The Morgan fingerprint density at radius 2 is 1.97 bits per heavy atom. The van der Waals surface area contributed by atoms with Crippen LogP contribution in [-0.2, 0) is 26.1 Å². The van der Waals surface area contributed by atoms with Crippen LogP contribution < -0.4 is 14.8 Å². The van der Waals surface area contributed by atoms with Gasteiger partial charge in [-0.05, 0) is 30.2 Å². The van der Waals surface area contributed by atoms with Gasteiger partial charge in [0, 0.05) is 23.7 Å². The highest BCUT2D eigenvalue weighted by atomic mass is 32.2. The molecule has 1 saturated heterocycles.